The summed E-state index contributed by atoms with van der Waals surface area (Å²) in [5.41, 5.74) is 8.07. The second-order valence-electron chi connectivity index (χ2n) is 5.48. The molecule has 2 aromatic rings. The van der Waals surface area contributed by atoms with Crippen LogP contribution in [0.15, 0.2) is 48.5 Å². The normalized spacial score (nSPS) is 12.1. The molecule has 0 heterocycles. The number of nitrogens with two attached hydrogens (primary N) is 1. The summed E-state index contributed by atoms with van der Waals surface area (Å²) in [5.74, 6) is 0.888. The number of aryl methyl sites for hydroxylation is 1. The largest absolute Gasteiger partial charge is 0.494 e. The molecule has 2 aromatic carbocycles. The Hall–Kier alpha value is -1.87. The minimum absolute atomic E-state index is 0.182. The smallest absolute Gasteiger partial charge is 0.123 e. The van der Waals surface area contributed by atoms with Crippen LogP contribution in [0.1, 0.15) is 36.8 Å². The van der Waals surface area contributed by atoms with Crippen LogP contribution in [0.5, 0.6) is 5.75 Å². The monoisotopic (exact) mass is 301 g/mol. The molecule has 0 fully saturated rings. The first-order valence-electron chi connectivity index (χ1n) is 7.90. The van der Waals surface area contributed by atoms with E-state index in [0.29, 0.717) is 13.2 Å². The van der Waals surface area contributed by atoms with Crippen LogP contribution >= 0.6 is 0 Å². The number of rotatable bonds is 8. The Bertz CT molecular complexity index is 585. The van der Waals surface area contributed by atoms with Crippen molar-refractivity contribution < 1.29 is 9.13 Å². The van der Waals surface area contributed by atoms with Gasteiger partial charge in [-0.1, -0.05) is 31.2 Å². The van der Waals surface area contributed by atoms with Crippen molar-refractivity contribution in [2.75, 3.05) is 13.2 Å². The fourth-order valence-corrected chi connectivity index (χ4v) is 2.56. The van der Waals surface area contributed by atoms with Crippen LogP contribution in [0.4, 0.5) is 4.39 Å². The van der Waals surface area contributed by atoms with Crippen molar-refractivity contribution in [3.8, 4) is 5.75 Å². The highest BCUT2D eigenvalue weighted by Gasteiger charge is 2.10. The summed E-state index contributed by atoms with van der Waals surface area (Å²) in [6.07, 6.45) is 2.80. The molecule has 3 heteroatoms. The molecule has 2 rings (SSSR count). The number of benzene rings is 2. The van der Waals surface area contributed by atoms with Gasteiger partial charge in [0.1, 0.15) is 11.6 Å². The van der Waals surface area contributed by atoms with Gasteiger partial charge < -0.3 is 10.5 Å². The van der Waals surface area contributed by atoms with Crippen LogP contribution in [0, 0.1) is 5.82 Å². The molecular weight excluding hydrogens is 277 g/mol. The van der Waals surface area contributed by atoms with Gasteiger partial charge in [0.05, 0.1) is 6.61 Å². The summed E-state index contributed by atoms with van der Waals surface area (Å²) in [6, 6.07) is 14.9. The maximum absolute atomic E-state index is 13.3. The van der Waals surface area contributed by atoms with Crippen molar-refractivity contribution in [3.05, 3.63) is 65.5 Å². The molecule has 22 heavy (non-hydrogen) atoms. The third kappa shape index (κ3) is 4.85. The lowest BCUT2D eigenvalue weighted by molar-refractivity contribution is 0.301. The molecule has 1 atom stereocenters. The van der Waals surface area contributed by atoms with Gasteiger partial charge in [-0.3, -0.25) is 0 Å². The van der Waals surface area contributed by atoms with Crippen LogP contribution in [-0.4, -0.2) is 13.2 Å². The van der Waals surface area contributed by atoms with Gasteiger partial charge in [-0.05, 0) is 67.1 Å². The van der Waals surface area contributed by atoms with Crippen LogP contribution in [0.3, 0.4) is 0 Å². The van der Waals surface area contributed by atoms with Crippen molar-refractivity contribution in [3.63, 3.8) is 0 Å². The molecule has 2 nitrogen and oxygen atoms in total. The van der Waals surface area contributed by atoms with Crippen LogP contribution < -0.4 is 10.5 Å². The van der Waals surface area contributed by atoms with E-state index in [1.54, 1.807) is 12.1 Å². The molecule has 0 radical (unpaired) electrons. The summed E-state index contributed by atoms with van der Waals surface area (Å²) < 4.78 is 19.1. The van der Waals surface area contributed by atoms with Crippen molar-refractivity contribution in [1.29, 1.82) is 0 Å². The lowest BCUT2D eigenvalue weighted by Crippen LogP contribution is -2.14. The Morgan fingerprint density at radius 2 is 1.95 bits per heavy atom. The van der Waals surface area contributed by atoms with E-state index in [1.807, 2.05) is 18.2 Å². The fourth-order valence-electron chi connectivity index (χ4n) is 2.56. The van der Waals surface area contributed by atoms with Gasteiger partial charge in [-0.15, -0.1) is 0 Å². The fraction of sp³-hybridized carbons (Fsp3) is 0.368. The Morgan fingerprint density at radius 3 is 2.68 bits per heavy atom. The molecule has 0 saturated carbocycles. The Kier molecular flexibility index (Phi) is 6.41. The van der Waals surface area contributed by atoms with Gasteiger partial charge in [-0.2, -0.15) is 0 Å². The molecule has 0 saturated heterocycles. The molecule has 0 spiro atoms. The standard InChI is InChI=1S/C19H24FNO/c1-2-15-6-3-10-19(12-15)22-11-5-8-17(14-21)16-7-4-9-18(20)13-16/h3-4,6-7,9-10,12-13,17H,2,5,8,11,14,21H2,1H3. The maximum atomic E-state index is 13.3. The molecule has 118 valence electrons. The Labute approximate surface area is 132 Å². The van der Waals surface area contributed by atoms with Gasteiger partial charge in [0.2, 0.25) is 0 Å². The topological polar surface area (TPSA) is 35.2 Å². The molecule has 1 unspecified atom stereocenters. The third-order valence-electron chi connectivity index (χ3n) is 3.88. The highest BCUT2D eigenvalue weighted by molar-refractivity contribution is 5.28. The van der Waals surface area contributed by atoms with Crippen LogP contribution in [0.25, 0.3) is 0 Å². The summed E-state index contributed by atoms with van der Waals surface area (Å²) in [5, 5.41) is 0. The van der Waals surface area contributed by atoms with E-state index < -0.39 is 0 Å². The zero-order valence-electron chi connectivity index (χ0n) is 13.1. The third-order valence-corrected chi connectivity index (χ3v) is 3.88. The molecule has 0 bridgehead atoms. The first kappa shape index (κ1) is 16.5. The van der Waals surface area contributed by atoms with E-state index >= 15 is 0 Å². The van der Waals surface area contributed by atoms with E-state index in [2.05, 4.69) is 19.1 Å². The van der Waals surface area contributed by atoms with E-state index in [4.69, 9.17) is 10.5 Å². The molecular formula is C19H24FNO. The van der Waals surface area contributed by atoms with E-state index in [9.17, 15) is 4.39 Å². The lowest BCUT2D eigenvalue weighted by Gasteiger charge is -2.15. The molecule has 0 aliphatic heterocycles. The number of hydrogen-bond acceptors (Lipinski definition) is 2. The molecule has 0 aromatic heterocycles. The molecule has 2 N–H and O–H groups in total. The van der Waals surface area contributed by atoms with Gasteiger partial charge in [0.25, 0.3) is 0 Å². The zero-order valence-corrected chi connectivity index (χ0v) is 13.1. The molecule has 0 aliphatic carbocycles. The van der Waals surface area contributed by atoms with Crippen molar-refractivity contribution in [2.24, 2.45) is 5.73 Å². The van der Waals surface area contributed by atoms with Crippen LogP contribution in [-0.2, 0) is 6.42 Å². The predicted molar refractivity (Wildman–Crippen MR) is 88.7 cm³/mol. The highest BCUT2D eigenvalue weighted by Crippen LogP contribution is 2.21. The highest BCUT2D eigenvalue weighted by atomic mass is 19.1. The summed E-state index contributed by atoms with van der Waals surface area (Å²) in [6.45, 7) is 3.30. The summed E-state index contributed by atoms with van der Waals surface area (Å²) >= 11 is 0. The van der Waals surface area contributed by atoms with Gasteiger partial charge >= 0.3 is 0 Å². The summed E-state index contributed by atoms with van der Waals surface area (Å²) in [7, 11) is 0. The Morgan fingerprint density at radius 1 is 1.14 bits per heavy atom. The second kappa shape index (κ2) is 8.54. The van der Waals surface area contributed by atoms with E-state index in [1.165, 1.54) is 11.6 Å². The van der Waals surface area contributed by atoms with Crippen molar-refractivity contribution in [2.45, 2.75) is 32.1 Å². The van der Waals surface area contributed by atoms with Crippen LogP contribution in [0.2, 0.25) is 0 Å². The molecule has 0 aliphatic rings. The average molecular weight is 301 g/mol. The number of hydrogen-bond donors (Lipinski definition) is 1. The minimum atomic E-state index is -0.205. The number of halogens is 1. The second-order valence-corrected chi connectivity index (χ2v) is 5.48. The number of ether oxygens (including phenoxy) is 1. The quantitative estimate of drug-likeness (QED) is 0.738. The van der Waals surface area contributed by atoms with Crippen molar-refractivity contribution >= 4 is 0 Å². The maximum Gasteiger partial charge on any atom is 0.123 e. The first-order valence-corrected chi connectivity index (χ1v) is 7.90. The zero-order chi connectivity index (χ0) is 15.8. The average Bonchev–Trinajstić information content (AvgIpc) is 2.55. The predicted octanol–water partition coefficient (Wildman–Crippen LogP) is 4.29. The van der Waals surface area contributed by atoms with E-state index in [-0.39, 0.29) is 11.7 Å². The minimum Gasteiger partial charge on any atom is -0.494 e. The van der Waals surface area contributed by atoms with Crippen molar-refractivity contribution in [1.82, 2.24) is 0 Å². The summed E-state index contributed by atoms with van der Waals surface area (Å²) in [4.78, 5) is 0. The first-order chi connectivity index (χ1) is 10.7. The SMILES string of the molecule is CCc1cccc(OCCCC(CN)c2cccc(F)c2)c1. The van der Waals surface area contributed by atoms with E-state index in [0.717, 1.165) is 30.6 Å². The van der Waals surface area contributed by atoms with Gasteiger partial charge in [0, 0.05) is 0 Å². The van der Waals surface area contributed by atoms with Gasteiger partial charge in [0.15, 0.2) is 0 Å². The lowest BCUT2D eigenvalue weighted by atomic mass is 9.94. The molecule has 0 amide bonds. The Balaban J connectivity index is 1.81. The van der Waals surface area contributed by atoms with Gasteiger partial charge in [-0.25, -0.2) is 4.39 Å².